The van der Waals surface area contributed by atoms with Crippen LogP contribution in [0.3, 0.4) is 0 Å². The zero-order chi connectivity index (χ0) is 19.8. The highest BCUT2D eigenvalue weighted by Crippen LogP contribution is 2.39. The molecule has 7 nitrogen and oxygen atoms in total. The molecule has 1 N–H and O–H groups in total. The molecule has 0 unspecified atom stereocenters. The highest BCUT2D eigenvalue weighted by Gasteiger charge is 2.37. The number of halogens is 3. The Labute approximate surface area is 152 Å². The second-order valence-electron chi connectivity index (χ2n) is 6.25. The van der Waals surface area contributed by atoms with Gasteiger partial charge in [0, 0.05) is 18.3 Å². The molecule has 1 aliphatic carbocycles. The van der Waals surface area contributed by atoms with Crippen LogP contribution in [0.15, 0.2) is 23.1 Å². The van der Waals surface area contributed by atoms with Gasteiger partial charge >= 0.3 is 6.18 Å². The Morgan fingerprint density at radius 1 is 1.37 bits per heavy atom. The lowest BCUT2D eigenvalue weighted by atomic mass is 10.2. The van der Waals surface area contributed by atoms with Crippen LogP contribution in [0.4, 0.5) is 24.7 Å². The third kappa shape index (κ3) is 3.86. The number of hydrogen-bond acceptors (Lipinski definition) is 6. The third-order valence-corrected chi connectivity index (χ3v) is 4.39. The van der Waals surface area contributed by atoms with Crippen molar-refractivity contribution in [1.82, 2.24) is 14.5 Å². The van der Waals surface area contributed by atoms with Gasteiger partial charge in [0.25, 0.3) is 5.56 Å². The zero-order valence-corrected chi connectivity index (χ0v) is 14.5. The van der Waals surface area contributed by atoms with E-state index in [2.05, 4.69) is 15.3 Å². The fourth-order valence-corrected chi connectivity index (χ4v) is 2.75. The van der Waals surface area contributed by atoms with Crippen molar-refractivity contribution in [2.24, 2.45) is 5.92 Å². The number of nitriles is 1. The molecule has 0 radical (unpaired) electrons. The number of alkyl halides is 3. The molecule has 0 aromatic carbocycles. The molecule has 1 aliphatic rings. The molecule has 2 aromatic heterocycles. The van der Waals surface area contributed by atoms with Gasteiger partial charge in [-0.3, -0.25) is 4.79 Å². The summed E-state index contributed by atoms with van der Waals surface area (Å²) in [7, 11) is 1.20. The maximum atomic E-state index is 13.3. The Morgan fingerprint density at radius 3 is 2.63 bits per heavy atom. The fraction of sp³-hybridized carbons (Fsp3) is 0.412. The molecule has 2 heterocycles. The molecule has 0 bridgehead atoms. The number of hydrogen-bond donors (Lipinski definition) is 1. The summed E-state index contributed by atoms with van der Waals surface area (Å²) in [5.74, 6) is -0.275. The number of nitrogens with one attached hydrogen (secondary N) is 1. The molecule has 0 spiro atoms. The molecule has 1 saturated carbocycles. The quantitative estimate of drug-likeness (QED) is 0.857. The normalized spacial score (nSPS) is 15.1. The molecule has 0 saturated heterocycles. The summed E-state index contributed by atoms with van der Waals surface area (Å²) in [6, 6.07) is 3.99. The van der Waals surface area contributed by atoms with E-state index in [9.17, 15) is 18.0 Å². The van der Waals surface area contributed by atoms with Crippen LogP contribution < -0.4 is 15.6 Å². The molecule has 142 valence electrons. The van der Waals surface area contributed by atoms with E-state index in [1.165, 1.54) is 23.9 Å². The number of rotatable bonds is 5. The first-order valence-electron chi connectivity index (χ1n) is 8.17. The van der Waals surface area contributed by atoms with Crippen molar-refractivity contribution in [1.29, 1.82) is 5.26 Å². The van der Waals surface area contributed by atoms with Gasteiger partial charge in [-0.15, -0.1) is 0 Å². The van der Waals surface area contributed by atoms with Crippen molar-refractivity contribution < 1.29 is 17.9 Å². The van der Waals surface area contributed by atoms with Crippen LogP contribution in [-0.4, -0.2) is 21.6 Å². The van der Waals surface area contributed by atoms with Crippen LogP contribution in [-0.2, 0) is 6.18 Å². The van der Waals surface area contributed by atoms with Crippen LogP contribution in [0.25, 0.3) is 0 Å². The van der Waals surface area contributed by atoms with Crippen molar-refractivity contribution in [3.63, 3.8) is 0 Å². The highest BCUT2D eigenvalue weighted by atomic mass is 19.4. The minimum Gasteiger partial charge on any atom is -0.481 e. The van der Waals surface area contributed by atoms with E-state index in [1.54, 1.807) is 0 Å². The van der Waals surface area contributed by atoms with Crippen molar-refractivity contribution in [3.8, 4) is 11.9 Å². The summed E-state index contributed by atoms with van der Waals surface area (Å²) in [4.78, 5) is 20.0. The number of pyridine rings is 1. The summed E-state index contributed by atoms with van der Waals surface area (Å²) in [6.45, 7) is 1.83. The minimum absolute atomic E-state index is 0.0698. The summed E-state index contributed by atoms with van der Waals surface area (Å²) < 4.78 is 46.0. The Balaban J connectivity index is 2.07. The lowest BCUT2D eigenvalue weighted by Crippen LogP contribution is -2.28. The molecule has 1 fully saturated rings. The summed E-state index contributed by atoms with van der Waals surface area (Å²) in [6.07, 6.45) is -1.53. The second-order valence-corrected chi connectivity index (χ2v) is 6.25. The first-order chi connectivity index (χ1) is 12.7. The summed E-state index contributed by atoms with van der Waals surface area (Å²) in [5, 5.41) is 11.6. The molecular weight excluding hydrogens is 363 g/mol. The molecule has 3 rings (SSSR count). The van der Waals surface area contributed by atoms with E-state index in [-0.39, 0.29) is 23.4 Å². The van der Waals surface area contributed by atoms with Crippen molar-refractivity contribution >= 4 is 11.5 Å². The number of anilines is 2. The topological polar surface area (TPSA) is 92.8 Å². The van der Waals surface area contributed by atoms with Crippen LogP contribution in [0.1, 0.15) is 37.2 Å². The maximum absolute atomic E-state index is 13.3. The van der Waals surface area contributed by atoms with E-state index >= 15 is 0 Å². The number of aromatic nitrogens is 3. The van der Waals surface area contributed by atoms with Crippen LogP contribution in [0.5, 0.6) is 5.88 Å². The lowest BCUT2D eigenvalue weighted by molar-refractivity contribution is -0.140. The second kappa shape index (κ2) is 6.90. The van der Waals surface area contributed by atoms with Gasteiger partial charge < -0.3 is 14.6 Å². The number of ether oxygens (including phenoxy) is 1. The SMILES string of the molecule is COc1ccc(Nc2nc(C#N)cn([C@H](C)C3CC3)c2=O)c(C(F)(F)F)n1. The molecule has 2 aromatic rings. The van der Waals surface area contributed by atoms with E-state index in [0.717, 1.165) is 18.9 Å². The lowest BCUT2D eigenvalue weighted by Gasteiger charge is -2.17. The van der Waals surface area contributed by atoms with Gasteiger partial charge in [-0.2, -0.15) is 18.4 Å². The molecular formula is C17H16F3N5O2. The largest absolute Gasteiger partial charge is 0.481 e. The predicted octanol–water partition coefficient (Wildman–Crippen LogP) is 3.25. The van der Waals surface area contributed by atoms with Crippen molar-refractivity contribution in [2.45, 2.75) is 32.0 Å². The minimum atomic E-state index is -4.77. The van der Waals surface area contributed by atoms with Crippen LogP contribution in [0, 0.1) is 17.2 Å². The van der Waals surface area contributed by atoms with Gasteiger partial charge in [0.05, 0.1) is 12.8 Å². The Kier molecular flexibility index (Phi) is 4.78. The smallest absolute Gasteiger partial charge is 0.435 e. The van der Waals surface area contributed by atoms with E-state index in [1.807, 2.05) is 13.0 Å². The average molecular weight is 379 g/mol. The van der Waals surface area contributed by atoms with E-state index in [4.69, 9.17) is 10.00 Å². The monoisotopic (exact) mass is 379 g/mol. The number of methoxy groups -OCH3 is 1. The Hall–Kier alpha value is -3.09. The zero-order valence-electron chi connectivity index (χ0n) is 14.5. The Bertz CT molecular complexity index is 961. The first-order valence-corrected chi connectivity index (χ1v) is 8.17. The van der Waals surface area contributed by atoms with Gasteiger partial charge in [0.2, 0.25) is 5.88 Å². The molecule has 1 atom stereocenters. The number of nitrogens with zero attached hydrogens (tertiary/aromatic N) is 4. The Morgan fingerprint density at radius 2 is 2.07 bits per heavy atom. The fourth-order valence-electron chi connectivity index (χ4n) is 2.75. The highest BCUT2D eigenvalue weighted by molar-refractivity contribution is 5.60. The molecule has 27 heavy (non-hydrogen) atoms. The van der Waals surface area contributed by atoms with E-state index < -0.39 is 23.1 Å². The standard InChI is InChI=1S/C17H16F3N5O2/c1-9(10-3-4-10)25-8-11(7-21)22-15(16(25)26)23-12-5-6-13(27-2)24-14(12)17(18,19)20/h5-6,8-10H,3-4H2,1-2H3,(H,22,23)/t9-/m1/s1. The van der Waals surface area contributed by atoms with Crippen LogP contribution in [0.2, 0.25) is 0 Å². The predicted molar refractivity (Wildman–Crippen MR) is 89.7 cm³/mol. The third-order valence-electron chi connectivity index (χ3n) is 4.39. The van der Waals surface area contributed by atoms with Gasteiger partial charge in [-0.05, 0) is 31.7 Å². The summed E-state index contributed by atoms with van der Waals surface area (Å²) in [5.41, 5.74) is -2.36. The van der Waals surface area contributed by atoms with Gasteiger partial charge in [-0.25, -0.2) is 9.97 Å². The molecule has 0 amide bonds. The van der Waals surface area contributed by atoms with E-state index in [0.29, 0.717) is 5.92 Å². The average Bonchev–Trinajstić information content (AvgIpc) is 3.47. The molecule has 10 heteroatoms. The van der Waals surface area contributed by atoms with Crippen LogP contribution >= 0.6 is 0 Å². The van der Waals surface area contributed by atoms with Gasteiger partial charge in [0.1, 0.15) is 6.07 Å². The maximum Gasteiger partial charge on any atom is 0.435 e. The van der Waals surface area contributed by atoms with Crippen molar-refractivity contribution in [3.05, 3.63) is 40.1 Å². The molecule has 0 aliphatic heterocycles. The van der Waals surface area contributed by atoms with Gasteiger partial charge in [0.15, 0.2) is 17.2 Å². The van der Waals surface area contributed by atoms with Crippen molar-refractivity contribution in [2.75, 3.05) is 12.4 Å². The first kappa shape index (κ1) is 18.7. The summed E-state index contributed by atoms with van der Waals surface area (Å²) >= 11 is 0. The van der Waals surface area contributed by atoms with Gasteiger partial charge in [-0.1, -0.05) is 0 Å².